The number of fused-ring (bicyclic) bond motifs is 1. The molecule has 1 atom stereocenters. The summed E-state index contributed by atoms with van der Waals surface area (Å²) in [6.07, 6.45) is 1.76. The zero-order valence-corrected chi connectivity index (χ0v) is 17.4. The molecule has 160 valence electrons. The van der Waals surface area contributed by atoms with Crippen LogP contribution in [0.25, 0.3) is 22.7 Å². The highest BCUT2D eigenvalue weighted by Crippen LogP contribution is 2.39. The Kier molecular flexibility index (Phi) is 6.26. The highest BCUT2D eigenvalue weighted by molar-refractivity contribution is 8.00. The Morgan fingerprint density at radius 1 is 1.23 bits per heavy atom. The summed E-state index contributed by atoms with van der Waals surface area (Å²) in [5, 5.41) is 0. The molecule has 3 aromatic rings. The minimum Gasteiger partial charge on any atom is -0.611 e. The number of oxazole rings is 1. The first-order valence-corrected chi connectivity index (χ1v) is 11.3. The van der Waals surface area contributed by atoms with Gasteiger partial charge in [0.05, 0.1) is 13.2 Å². The number of thioether (sulfide) groups is 1. The SMILES string of the molecule is CC[S+]([O-])c1cc(C2OCCCO2)cnc1-c1nc2cc(SC(F)(F)F)ccc2o1. The fraction of sp³-hybridized carbons (Fsp3) is 0.368. The van der Waals surface area contributed by atoms with E-state index >= 15 is 0 Å². The second kappa shape index (κ2) is 8.75. The van der Waals surface area contributed by atoms with E-state index in [2.05, 4.69) is 9.97 Å². The van der Waals surface area contributed by atoms with Gasteiger partial charge in [-0.2, -0.15) is 13.2 Å². The second-order valence-corrected chi connectivity index (χ2v) is 9.22. The average Bonchev–Trinajstić information content (AvgIpc) is 3.15. The van der Waals surface area contributed by atoms with Crippen molar-refractivity contribution >= 4 is 34.0 Å². The molecule has 2 aromatic heterocycles. The third-order valence-electron chi connectivity index (χ3n) is 4.28. The van der Waals surface area contributed by atoms with E-state index in [0.29, 0.717) is 35.0 Å². The van der Waals surface area contributed by atoms with E-state index in [-0.39, 0.29) is 33.8 Å². The van der Waals surface area contributed by atoms with Gasteiger partial charge in [0.15, 0.2) is 22.5 Å². The summed E-state index contributed by atoms with van der Waals surface area (Å²) >= 11 is -1.61. The van der Waals surface area contributed by atoms with Crippen LogP contribution in [0.3, 0.4) is 0 Å². The largest absolute Gasteiger partial charge is 0.611 e. The smallest absolute Gasteiger partial charge is 0.446 e. The molecule has 11 heteroatoms. The molecule has 1 unspecified atom stereocenters. The van der Waals surface area contributed by atoms with E-state index < -0.39 is 23.0 Å². The fourth-order valence-electron chi connectivity index (χ4n) is 2.96. The highest BCUT2D eigenvalue weighted by Gasteiger charge is 2.30. The number of halogens is 3. The first-order chi connectivity index (χ1) is 14.3. The first-order valence-electron chi connectivity index (χ1n) is 9.12. The third-order valence-corrected chi connectivity index (χ3v) is 6.32. The van der Waals surface area contributed by atoms with Gasteiger partial charge in [0, 0.05) is 22.7 Å². The minimum absolute atomic E-state index is 0.00195. The lowest BCUT2D eigenvalue weighted by Crippen LogP contribution is -2.19. The van der Waals surface area contributed by atoms with Crippen LogP contribution in [0.2, 0.25) is 0 Å². The van der Waals surface area contributed by atoms with Gasteiger partial charge in [-0.3, -0.25) is 0 Å². The number of pyridine rings is 1. The van der Waals surface area contributed by atoms with Crippen LogP contribution in [0.15, 0.2) is 44.7 Å². The van der Waals surface area contributed by atoms with Crippen LogP contribution in [-0.4, -0.2) is 39.0 Å². The molecule has 0 amide bonds. The van der Waals surface area contributed by atoms with Crippen molar-refractivity contribution in [1.82, 2.24) is 9.97 Å². The molecule has 0 bridgehead atoms. The van der Waals surface area contributed by atoms with Crippen molar-refractivity contribution in [2.75, 3.05) is 19.0 Å². The second-order valence-electron chi connectivity index (χ2n) is 6.37. The molecular weight excluding hydrogens is 441 g/mol. The molecule has 0 N–H and O–H groups in total. The summed E-state index contributed by atoms with van der Waals surface area (Å²) in [6, 6.07) is 5.73. The molecule has 1 saturated heterocycles. The van der Waals surface area contributed by atoms with Gasteiger partial charge in [-0.25, -0.2) is 9.97 Å². The lowest BCUT2D eigenvalue weighted by molar-refractivity contribution is -0.183. The summed E-state index contributed by atoms with van der Waals surface area (Å²) in [7, 11) is 0. The molecule has 1 aromatic carbocycles. The van der Waals surface area contributed by atoms with E-state index in [4.69, 9.17) is 13.9 Å². The Morgan fingerprint density at radius 3 is 2.70 bits per heavy atom. The number of hydrogen-bond donors (Lipinski definition) is 0. The van der Waals surface area contributed by atoms with E-state index in [9.17, 15) is 17.7 Å². The summed E-state index contributed by atoms with van der Waals surface area (Å²) in [4.78, 5) is 9.07. The molecular formula is C19H17F3N2O4S2. The summed E-state index contributed by atoms with van der Waals surface area (Å²) in [5.74, 6) is 0.435. The molecule has 6 nitrogen and oxygen atoms in total. The molecule has 1 fully saturated rings. The molecule has 1 aliphatic heterocycles. The van der Waals surface area contributed by atoms with Crippen molar-refractivity contribution in [2.24, 2.45) is 0 Å². The predicted octanol–water partition coefficient (Wildman–Crippen LogP) is 5.06. The van der Waals surface area contributed by atoms with Crippen molar-refractivity contribution in [3.05, 3.63) is 36.0 Å². The van der Waals surface area contributed by atoms with Crippen molar-refractivity contribution in [3.63, 3.8) is 0 Å². The van der Waals surface area contributed by atoms with E-state index in [1.807, 2.05) is 0 Å². The van der Waals surface area contributed by atoms with Crippen molar-refractivity contribution in [3.8, 4) is 11.6 Å². The van der Waals surface area contributed by atoms with Gasteiger partial charge in [0.25, 0.3) is 5.89 Å². The van der Waals surface area contributed by atoms with Crippen LogP contribution in [0.1, 0.15) is 25.2 Å². The molecule has 0 aliphatic carbocycles. The maximum absolute atomic E-state index is 12.7. The highest BCUT2D eigenvalue weighted by atomic mass is 32.2. The normalized spacial score (nSPS) is 16.8. The molecule has 0 saturated carbocycles. The molecule has 0 radical (unpaired) electrons. The van der Waals surface area contributed by atoms with Gasteiger partial charge < -0.3 is 18.4 Å². The monoisotopic (exact) mass is 458 g/mol. The molecule has 0 spiro atoms. The number of alkyl halides is 3. The summed E-state index contributed by atoms with van der Waals surface area (Å²) in [5.41, 5.74) is -2.91. The molecule has 1 aliphatic rings. The molecule has 4 rings (SSSR count). The lowest BCUT2D eigenvalue weighted by atomic mass is 10.2. The fourth-order valence-corrected chi connectivity index (χ4v) is 4.47. The van der Waals surface area contributed by atoms with Crippen LogP contribution in [-0.2, 0) is 20.6 Å². The van der Waals surface area contributed by atoms with Crippen LogP contribution >= 0.6 is 11.8 Å². The summed E-state index contributed by atoms with van der Waals surface area (Å²) < 4.78 is 67.4. The van der Waals surface area contributed by atoms with Crippen LogP contribution in [0.4, 0.5) is 13.2 Å². The van der Waals surface area contributed by atoms with E-state index in [0.717, 1.165) is 6.42 Å². The number of nitrogens with zero attached hydrogens (tertiary/aromatic N) is 2. The van der Waals surface area contributed by atoms with Gasteiger partial charge in [-0.15, -0.1) is 0 Å². The third kappa shape index (κ3) is 4.75. The maximum Gasteiger partial charge on any atom is 0.446 e. The van der Waals surface area contributed by atoms with E-state index in [1.54, 1.807) is 19.2 Å². The number of hydrogen-bond acceptors (Lipinski definition) is 7. The Morgan fingerprint density at radius 2 is 2.00 bits per heavy atom. The zero-order valence-electron chi connectivity index (χ0n) is 15.8. The zero-order chi connectivity index (χ0) is 21.3. The summed E-state index contributed by atoms with van der Waals surface area (Å²) in [6.45, 7) is 2.89. The Hall–Kier alpha value is -1.79. The van der Waals surface area contributed by atoms with Gasteiger partial charge in [-0.05, 0) is 54.5 Å². The number of rotatable bonds is 5. The standard InChI is InChI=1S/C19H17F3N2O4S2/c1-2-30(25)15-8-11(18-26-6-3-7-27-18)10-23-16(15)17-24-13-9-12(29-19(20,21)22)4-5-14(13)28-17/h4-5,8-10,18H,2-3,6-7H2,1H3. The maximum atomic E-state index is 12.7. The van der Waals surface area contributed by atoms with Crippen LogP contribution in [0, 0.1) is 0 Å². The van der Waals surface area contributed by atoms with Gasteiger partial charge in [-0.1, -0.05) is 0 Å². The number of benzene rings is 1. The first kappa shape index (κ1) is 21.4. The van der Waals surface area contributed by atoms with Gasteiger partial charge in [0.1, 0.15) is 11.3 Å². The Bertz CT molecular complexity index is 1040. The van der Waals surface area contributed by atoms with Crippen molar-refractivity contribution < 1.29 is 31.6 Å². The number of aromatic nitrogens is 2. The number of ether oxygens (including phenoxy) is 2. The Labute approximate surface area is 177 Å². The predicted molar refractivity (Wildman–Crippen MR) is 105 cm³/mol. The quantitative estimate of drug-likeness (QED) is 0.390. The van der Waals surface area contributed by atoms with Gasteiger partial charge in [0.2, 0.25) is 0 Å². The average molecular weight is 458 g/mol. The van der Waals surface area contributed by atoms with Crippen LogP contribution in [0.5, 0.6) is 0 Å². The van der Waals surface area contributed by atoms with E-state index in [1.165, 1.54) is 18.2 Å². The topological polar surface area (TPSA) is 80.4 Å². The van der Waals surface area contributed by atoms with Crippen molar-refractivity contribution in [1.29, 1.82) is 0 Å². The van der Waals surface area contributed by atoms with Gasteiger partial charge >= 0.3 is 5.51 Å². The molecule has 3 heterocycles. The molecule has 30 heavy (non-hydrogen) atoms. The lowest BCUT2D eigenvalue weighted by Gasteiger charge is -2.23. The van der Waals surface area contributed by atoms with Crippen molar-refractivity contribution in [2.45, 2.75) is 34.9 Å². The van der Waals surface area contributed by atoms with Crippen LogP contribution < -0.4 is 0 Å². The Balaban J connectivity index is 1.72. The minimum atomic E-state index is -4.40.